The summed E-state index contributed by atoms with van der Waals surface area (Å²) in [5, 5.41) is 15.1. The molecule has 1 aliphatic heterocycles. The monoisotopic (exact) mass is 385 g/mol. The fraction of sp³-hybridized carbons (Fsp3) is 0.118. The van der Waals surface area contributed by atoms with E-state index in [-0.39, 0.29) is 11.9 Å². The second kappa shape index (κ2) is 5.83. The van der Waals surface area contributed by atoms with E-state index in [9.17, 15) is 4.39 Å². The summed E-state index contributed by atoms with van der Waals surface area (Å²) in [5.41, 5.74) is 4.05. The van der Waals surface area contributed by atoms with E-state index in [4.69, 9.17) is 0 Å². The van der Waals surface area contributed by atoms with Crippen LogP contribution < -0.4 is 5.32 Å². The predicted molar refractivity (Wildman–Crippen MR) is 92.8 cm³/mol. The first-order valence-corrected chi connectivity index (χ1v) is 8.20. The molecule has 0 amide bonds. The number of aromatic nitrogens is 4. The van der Waals surface area contributed by atoms with Crippen LogP contribution in [0.4, 0.5) is 10.3 Å². The van der Waals surface area contributed by atoms with Gasteiger partial charge in [-0.05, 0) is 62.6 Å². The molecule has 24 heavy (non-hydrogen) atoms. The van der Waals surface area contributed by atoms with E-state index in [2.05, 4.69) is 48.9 Å². The molecule has 0 bridgehead atoms. The van der Waals surface area contributed by atoms with Crippen molar-refractivity contribution >= 4 is 27.6 Å². The van der Waals surface area contributed by atoms with E-state index in [0.29, 0.717) is 10.4 Å². The summed E-state index contributed by atoms with van der Waals surface area (Å²) in [5.74, 6) is 0.255. The van der Waals surface area contributed by atoms with E-state index in [1.807, 2.05) is 25.1 Å². The maximum atomic E-state index is 13.6. The fourth-order valence-electron chi connectivity index (χ4n) is 2.69. The standard InChI is InChI=1S/C17H13BrFN5/c1-10-2-4-11(5-3-10)15-9-16(24-17(20-15)21-22-23-24)12-6-7-14(19)13(18)8-12/h2-9,16H,1H3,(H,20,21,23)/t16-/m1/s1. The quantitative estimate of drug-likeness (QED) is 0.725. The number of benzene rings is 2. The van der Waals surface area contributed by atoms with Crippen LogP contribution in [-0.4, -0.2) is 20.2 Å². The van der Waals surface area contributed by atoms with Crippen molar-refractivity contribution in [3.63, 3.8) is 0 Å². The molecular formula is C17H13BrFN5. The minimum atomic E-state index is -0.299. The van der Waals surface area contributed by atoms with Gasteiger partial charge in [0.1, 0.15) is 11.9 Å². The molecule has 0 fully saturated rings. The van der Waals surface area contributed by atoms with Gasteiger partial charge in [0.25, 0.3) is 0 Å². The van der Waals surface area contributed by atoms with Gasteiger partial charge in [0.2, 0.25) is 5.95 Å². The highest BCUT2D eigenvalue weighted by molar-refractivity contribution is 9.10. The average molecular weight is 386 g/mol. The Bertz CT molecular complexity index is 932. The highest BCUT2D eigenvalue weighted by Gasteiger charge is 2.24. The molecule has 0 saturated heterocycles. The number of tetrazole rings is 1. The van der Waals surface area contributed by atoms with E-state index >= 15 is 0 Å². The Morgan fingerprint density at radius 1 is 1.17 bits per heavy atom. The molecule has 0 aliphatic carbocycles. The van der Waals surface area contributed by atoms with Crippen LogP contribution in [0.1, 0.15) is 22.7 Å². The molecule has 1 N–H and O–H groups in total. The van der Waals surface area contributed by atoms with Gasteiger partial charge < -0.3 is 5.32 Å². The number of hydrogen-bond donors (Lipinski definition) is 1. The first-order chi connectivity index (χ1) is 11.6. The Morgan fingerprint density at radius 3 is 2.71 bits per heavy atom. The fourth-order valence-corrected chi connectivity index (χ4v) is 3.09. The molecule has 3 aromatic rings. The van der Waals surface area contributed by atoms with Crippen LogP contribution in [0.5, 0.6) is 0 Å². The van der Waals surface area contributed by atoms with Gasteiger partial charge in [-0.1, -0.05) is 41.0 Å². The average Bonchev–Trinajstić information content (AvgIpc) is 3.06. The van der Waals surface area contributed by atoms with E-state index in [1.165, 1.54) is 11.6 Å². The number of nitrogens with one attached hydrogen (secondary N) is 1. The van der Waals surface area contributed by atoms with Crippen molar-refractivity contribution in [2.24, 2.45) is 0 Å². The Morgan fingerprint density at radius 2 is 1.96 bits per heavy atom. The van der Waals surface area contributed by atoms with Crippen LogP contribution >= 0.6 is 15.9 Å². The number of rotatable bonds is 2. The zero-order valence-corrected chi connectivity index (χ0v) is 14.3. The van der Waals surface area contributed by atoms with Crippen LogP contribution in [-0.2, 0) is 0 Å². The van der Waals surface area contributed by atoms with E-state index in [1.54, 1.807) is 16.8 Å². The van der Waals surface area contributed by atoms with Crippen molar-refractivity contribution in [3.8, 4) is 0 Å². The van der Waals surface area contributed by atoms with E-state index < -0.39 is 0 Å². The zero-order chi connectivity index (χ0) is 16.7. The Balaban J connectivity index is 1.81. The number of halogens is 2. The number of aryl methyl sites for hydroxylation is 1. The second-order valence-electron chi connectivity index (χ2n) is 5.64. The predicted octanol–water partition coefficient (Wildman–Crippen LogP) is 3.94. The molecule has 1 atom stereocenters. The minimum absolute atomic E-state index is 0.218. The van der Waals surface area contributed by atoms with Crippen LogP contribution in [0.3, 0.4) is 0 Å². The van der Waals surface area contributed by atoms with Crippen LogP contribution in [0.2, 0.25) is 0 Å². The molecule has 1 aromatic heterocycles. The Hall–Kier alpha value is -2.54. The molecule has 2 aromatic carbocycles. The molecule has 120 valence electrons. The number of allylic oxidation sites excluding steroid dienone is 1. The van der Waals surface area contributed by atoms with Gasteiger partial charge in [0, 0.05) is 5.70 Å². The maximum absolute atomic E-state index is 13.6. The lowest BCUT2D eigenvalue weighted by molar-refractivity contribution is 0.580. The molecule has 0 radical (unpaired) electrons. The highest BCUT2D eigenvalue weighted by atomic mass is 79.9. The van der Waals surface area contributed by atoms with Gasteiger partial charge in [0.15, 0.2) is 0 Å². The summed E-state index contributed by atoms with van der Waals surface area (Å²) in [6.07, 6.45) is 2.04. The van der Waals surface area contributed by atoms with Gasteiger partial charge in [0.05, 0.1) is 4.47 Å². The Labute approximate surface area is 146 Å². The lowest BCUT2D eigenvalue weighted by atomic mass is 10.0. The molecule has 1 aliphatic rings. The SMILES string of the molecule is Cc1ccc(C2=C[C@H](c3ccc(F)c(Br)c3)n3nnnc3N2)cc1. The molecule has 4 rings (SSSR count). The third-order valence-corrected chi connectivity index (χ3v) is 4.58. The van der Waals surface area contributed by atoms with Gasteiger partial charge in [-0.25, -0.2) is 4.39 Å². The second-order valence-corrected chi connectivity index (χ2v) is 6.49. The molecule has 0 spiro atoms. The minimum Gasteiger partial charge on any atom is -0.323 e. The first kappa shape index (κ1) is 15.0. The summed E-state index contributed by atoms with van der Waals surface area (Å²) in [6.45, 7) is 2.05. The van der Waals surface area contributed by atoms with E-state index in [0.717, 1.165) is 16.8 Å². The third-order valence-electron chi connectivity index (χ3n) is 3.98. The van der Waals surface area contributed by atoms with Crippen molar-refractivity contribution in [3.05, 3.63) is 75.5 Å². The number of fused-ring (bicyclic) bond motifs is 1. The largest absolute Gasteiger partial charge is 0.323 e. The lowest BCUT2D eigenvalue weighted by Gasteiger charge is -2.23. The Kier molecular flexibility index (Phi) is 3.65. The molecule has 2 heterocycles. The van der Waals surface area contributed by atoms with Crippen molar-refractivity contribution in [2.75, 3.05) is 5.32 Å². The first-order valence-electron chi connectivity index (χ1n) is 7.40. The number of anilines is 1. The topological polar surface area (TPSA) is 55.6 Å². The van der Waals surface area contributed by atoms with Crippen molar-refractivity contribution in [1.82, 2.24) is 20.2 Å². The van der Waals surface area contributed by atoms with Crippen molar-refractivity contribution in [1.29, 1.82) is 0 Å². The summed E-state index contributed by atoms with van der Waals surface area (Å²) in [4.78, 5) is 0. The highest BCUT2D eigenvalue weighted by Crippen LogP contribution is 2.33. The summed E-state index contributed by atoms with van der Waals surface area (Å²) in [6, 6.07) is 12.9. The van der Waals surface area contributed by atoms with Crippen molar-refractivity contribution in [2.45, 2.75) is 13.0 Å². The van der Waals surface area contributed by atoms with Crippen LogP contribution in [0.15, 0.2) is 53.0 Å². The summed E-state index contributed by atoms with van der Waals surface area (Å²) < 4.78 is 15.7. The van der Waals surface area contributed by atoms with Gasteiger partial charge in [-0.15, -0.1) is 0 Å². The normalized spacial score (nSPS) is 16.3. The van der Waals surface area contributed by atoms with Crippen LogP contribution in [0, 0.1) is 12.7 Å². The number of nitrogens with zero attached hydrogens (tertiary/aromatic N) is 4. The molecule has 0 saturated carbocycles. The molecule has 5 nitrogen and oxygen atoms in total. The molecular weight excluding hydrogens is 373 g/mol. The van der Waals surface area contributed by atoms with Gasteiger partial charge in [-0.2, -0.15) is 4.68 Å². The maximum Gasteiger partial charge on any atom is 0.248 e. The van der Waals surface area contributed by atoms with Gasteiger partial charge >= 0.3 is 0 Å². The zero-order valence-electron chi connectivity index (χ0n) is 12.7. The third kappa shape index (κ3) is 2.60. The summed E-state index contributed by atoms with van der Waals surface area (Å²) >= 11 is 3.24. The summed E-state index contributed by atoms with van der Waals surface area (Å²) in [7, 11) is 0. The lowest BCUT2D eigenvalue weighted by Crippen LogP contribution is -2.20. The smallest absolute Gasteiger partial charge is 0.248 e. The van der Waals surface area contributed by atoms with Gasteiger partial charge in [-0.3, -0.25) is 0 Å². The molecule has 7 heteroatoms. The van der Waals surface area contributed by atoms with Crippen LogP contribution in [0.25, 0.3) is 5.70 Å². The number of hydrogen-bond acceptors (Lipinski definition) is 4. The van der Waals surface area contributed by atoms with Crippen molar-refractivity contribution < 1.29 is 4.39 Å². The molecule has 0 unspecified atom stereocenters.